The van der Waals surface area contributed by atoms with Gasteiger partial charge in [0.2, 0.25) is 0 Å². The molecular formula is C15H18N4S. The zero-order chi connectivity index (χ0) is 14.7. The lowest BCUT2D eigenvalue weighted by atomic mass is 10.1. The third-order valence-electron chi connectivity index (χ3n) is 3.15. The van der Waals surface area contributed by atoms with Crippen molar-refractivity contribution in [3.8, 4) is 5.69 Å². The lowest BCUT2D eigenvalue weighted by Crippen LogP contribution is -2.25. The van der Waals surface area contributed by atoms with Gasteiger partial charge < -0.3 is 10.3 Å². The fraction of sp³-hybridized carbons (Fsp3) is 0.200. The van der Waals surface area contributed by atoms with Gasteiger partial charge in [-0.05, 0) is 62.8 Å². The molecule has 0 aliphatic heterocycles. The third kappa shape index (κ3) is 3.05. The van der Waals surface area contributed by atoms with Crippen molar-refractivity contribution < 1.29 is 0 Å². The van der Waals surface area contributed by atoms with Crippen LogP contribution in [0.15, 0.2) is 41.5 Å². The summed E-state index contributed by atoms with van der Waals surface area (Å²) in [4.78, 5) is 0. The van der Waals surface area contributed by atoms with E-state index in [0.717, 1.165) is 17.0 Å². The molecule has 104 valence electrons. The van der Waals surface area contributed by atoms with Gasteiger partial charge in [-0.15, -0.1) is 0 Å². The summed E-state index contributed by atoms with van der Waals surface area (Å²) in [6, 6.07) is 12.5. The number of hydrogen-bond acceptors (Lipinski definition) is 2. The fourth-order valence-corrected chi connectivity index (χ4v) is 2.18. The van der Waals surface area contributed by atoms with Gasteiger partial charge in [-0.25, -0.2) is 0 Å². The fourth-order valence-electron chi connectivity index (χ4n) is 2.13. The van der Waals surface area contributed by atoms with Gasteiger partial charge in [-0.3, -0.25) is 5.43 Å². The molecular weight excluding hydrogens is 268 g/mol. The normalized spacial score (nSPS) is 11.4. The first-order valence-corrected chi connectivity index (χ1v) is 6.75. The molecule has 0 fully saturated rings. The van der Waals surface area contributed by atoms with Crippen molar-refractivity contribution in [1.82, 2.24) is 9.99 Å². The van der Waals surface area contributed by atoms with Crippen LogP contribution in [0.3, 0.4) is 0 Å². The van der Waals surface area contributed by atoms with Gasteiger partial charge in [0.1, 0.15) is 0 Å². The average Bonchev–Trinajstić information content (AvgIpc) is 2.76. The SMILES string of the molecule is C/C(=N\NC(N)=S)c1ccc(-n2c(C)ccc2C)cc1. The molecule has 0 aliphatic carbocycles. The number of hydrazone groups is 1. The van der Waals surface area contributed by atoms with Gasteiger partial charge in [-0.2, -0.15) is 5.10 Å². The van der Waals surface area contributed by atoms with Crippen molar-refractivity contribution >= 4 is 23.0 Å². The van der Waals surface area contributed by atoms with Gasteiger partial charge in [0.05, 0.1) is 5.71 Å². The van der Waals surface area contributed by atoms with Crippen LogP contribution in [-0.4, -0.2) is 15.4 Å². The second kappa shape index (κ2) is 5.88. The van der Waals surface area contributed by atoms with Crippen LogP contribution in [0, 0.1) is 13.8 Å². The molecule has 20 heavy (non-hydrogen) atoms. The molecule has 0 radical (unpaired) electrons. The number of nitrogens with one attached hydrogen (secondary N) is 1. The summed E-state index contributed by atoms with van der Waals surface area (Å²) in [6.07, 6.45) is 0. The van der Waals surface area contributed by atoms with Crippen LogP contribution in [0.1, 0.15) is 23.9 Å². The number of nitrogens with two attached hydrogens (primary N) is 1. The van der Waals surface area contributed by atoms with E-state index in [-0.39, 0.29) is 5.11 Å². The molecule has 2 rings (SSSR count). The lowest BCUT2D eigenvalue weighted by Gasteiger charge is -2.10. The Labute approximate surface area is 124 Å². The molecule has 0 aliphatic rings. The van der Waals surface area contributed by atoms with Crippen LogP contribution in [0.4, 0.5) is 0 Å². The molecule has 0 spiro atoms. The summed E-state index contributed by atoms with van der Waals surface area (Å²) in [6.45, 7) is 6.10. The molecule has 1 aromatic heterocycles. The predicted molar refractivity (Wildman–Crippen MR) is 87.4 cm³/mol. The summed E-state index contributed by atoms with van der Waals surface area (Å²) >= 11 is 4.72. The van der Waals surface area contributed by atoms with Crippen molar-refractivity contribution in [2.45, 2.75) is 20.8 Å². The summed E-state index contributed by atoms with van der Waals surface area (Å²) < 4.78 is 2.21. The molecule has 1 heterocycles. The van der Waals surface area contributed by atoms with Crippen molar-refractivity contribution in [3.05, 3.63) is 53.3 Å². The predicted octanol–water partition coefficient (Wildman–Crippen LogP) is 2.65. The van der Waals surface area contributed by atoms with Gasteiger partial charge in [0.15, 0.2) is 5.11 Å². The Balaban J connectivity index is 2.27. The molecule has 0 bridgehead atoms. The number of nitrogens with zero attached hydrogens (tertiary/aromatic N) is 2. The van der Waals surface area contributed by atoms with Crippen molar-refractivity contribution in [2.75, 3.05) is 0 Å². The molecule has 3 N–H and O–H groups in total. The van der Waals surface area contributed by atoms with Gasteiger partial charge in [0.25, 0.3) is 0 Å². The van der Waals surface area contributed by atoms with Crippen LogP contribution >= 0.6 is 12.2 Å². The highest BCUT2D eigenvalue weighted by Crippen LogP contribution is 2.17. The minimum Gasteiger partial charge on any atom is -0.375 e. The van der Waals surface area contributed by atoms with Crippen molar-refractivity contribution in [1.29, 1.82) is 0 Å². The molecule has 0 unspecified atom stereocenters. The largest absolute Gasteiger partial charge is 0.375 e. The van der Waals surface area contributed by atoms with Crippen LogP contribution in [0.2, 0.25) is 0 Å². The first kappa shape index (κ1) is 14.3. The van der Waals surface area contributed by atoms with E-state index < -0.39 is 0 Å². The number of aryl methyl sites for hydroxylation is 2. The highest BCUT2D eigenvalue weighted by molar-refractivity contribution is 7.80. The van der Waals surface area contributed by atoms with E-state index in [4.69, 9.17) is 18.0 Å². The number of hydrogen-bond donors (Lipinski definition) is 2. The Morgan fingerprint density at radius 2 is 1.65 bits per heavy atom. The van der Waals surface area contributed by atoms with Gasteiger partial charge >= 0.3 is 0 Å². The molecule has 2 aromatic rings. The number of rotatable bonds is 3. The summed E-state index contributed by atoms with van der Waals surface area (Å²) in [5, 5.41) is 4.28. The van der Waals surface area contributed by atoms with Crippen molar-refractivity contribution in [3.63, 3.8) is 0 Å². The molecule has 0 atom stereocenters. The van der Waals surface area contributed by atoms with E-state index in [9.17, 15) is 0 Å². The van der Waals surface area contributed by atoms with Gasteiger partial charge in [-0.1, -0.05) is 12.1 Å². The molecule has 4 nitrogen and oxygen atoms in total. The van der Waals surface area contributed by atoms with Crippen LogP contribution in [-0.2, 0) is 0 Å². The maximum Gasteiger partial charge on any atom is 0.184 e. The first-order chi connectivity index (χ1) is 9.49. The zero-order valence-electron chi connectivity index (χ0n) is 11.8. The second-order valence-electron chi connectivity index (χ2n) is 4.67. The van der Waals surface area contributed by atoms with Crippen molar-refractivity contribution in [2.24, 2.45) is 10.8 Å². The molecule has 5 heteroatoms. The topological polar surface area (TPSA) is 55.3 Å². The van der Waals surface area contributed by atoms with E-state index in [1.807, 2.05) is 19.1 Å². The minimum atomic E-state index is 0.166. The molecule has 0 amide bonds. The number of thiocarbonyl (C=S) groups is 1. The second-order valence-corrected chi connectivity index (χ2v) is 5.11. The summed E-state index contributed by atoms with van der Waals surface area (Å²) in [5.74, 6) is 0. The number of aromatic nitrogens is 1. The summed E-state index contributed by atoms with van der Waals surface area (Å²) in [7, 11) is 0. The smallest absolute Gasteiger partial charge is 0.184 e. The van der Waals surface area contributed by atoms with E-state index in [1.165, 1.54) is 11.4 Å². The maximum absolute atomic E-state index is 5.35. The zero-order valence-corrected chi connectivity index (χ0v) is 12.7. The van der Waals surface area contributed by atoms with Gasteiger partial charge in [0, 0.05) is 17.1 Å². The van der Waals surface area contributed by atoms with Crippen LogP contribution in [0.25, 0.3) is 5.69 Å². The maximum atomic E-state index is 5.35. The Bertz CT molecular complexity index is 634. The Morgan fingerprint density at radius 3 is 2.15 bits per heavy atom. The molecule has 1 aromatic carbocycles. The quantitative estimate of drug-likeness (QED) is 0.518. The molecule has 0 saturated heterocycles. The highest BCUT2D eigenvalue weighted by atomic mass is 32.1. The Hall–Kier alpha value is -2.14. The standard InChI is InChI=1S/C15H18N4S/c1-10-4-5-11(2)19(10)14-8-6-13(7-9-14)12(3)17-18-15(16)20/h4-9H,1-3H3,(H3,16,18,20)/b17-12+. The van der Waals surface area contributed by atoms with E-state index in [1.54, 1.807) is 0 Å². The monoisotopic (exact) mass is 286 g/mol. The Kier molecular flexibility index (Phi) is 4.20. The summed E-state index contributed by atoms with van der Waals surface area (Å²) in [5.41, 5.74) is 13.4. The van der Waals surface area contributed by atoms with Crippen LogP contribution in [0.5, 0.6) is 0 Å². The van der Waals surface area contributed by atoms with E-state index in [0.29, 0.717) is 0 Å². The average molecular weight is 286 g/mol. The third-order valence-corrected chi connectivity index (χ3v) is 3.24. The number of benzene rings is 1. The minimum absolute atomic E-state index is 0.166. The van der Waals surface area contributed by atoms with Crippen LogP contribution < -0.4 is 11.2 Å². The highest BCUT2D eigenvalue weighted by Gasteiger charge is 2.04. The molecule has 0 saturated carbocycles. The first-order valence-electron chi connectivity index (χ1n) is 6.34. The van der Waals surface area contributed by atoms with E-state index in [2.05, 4.69) is 53.2 Å². The lowest BCUT2D eigenvalue weighted by molar-refractivity contribution is 0.965. The van der Waals surface area contributed by atoms with E-state index >= 15 is 0 Å². The Morgan fingerprint density at radius 1 is 1.10 bits per heavy atom.